The topological polar surface area (TPSA) is 67.4 Å². The highest BCUT2D eigenvalue weighted by Gasteiger charge is 2.24. The van der Waals surface area contributed by atoms with E-state index in [2.05, 4.69) is 42.7 Å². The molecule has 3 rings (SSSR count). The summed E-state index contributed by atoms with van der Waals surface area (Å²) in [5, 5.41) is 6.79. The number of hydrogen-bond acceptors (Lipinski definition) is 6. The number of esters is 1. The van der Waals surface area contributed by atoms with Gasteiger partial charge in [-0.05, 0) is 77.8 Å². The molecule has 1 aliphatic carbocycles. The fourth-order valence-corrected chi connectivity index (χ4v) is 6.66. The molecule has 0 bridgehead atoms. The molecule has 0 saturated heterocycles. The van der Waals surface area contributed by atoms with Crippen LogP contribution in [0.25, 0.3) is 11.1 Å². The van der Waals surface area contributed by atoms with E-state index in [9.17, 15) is 9.59 Å². The second kappa shape index (κ2) is 17.0. The van der Waals surface area contributed by atoms with Crippen molar-refractivity contribution in [2.24, 2.45) is 5.92 Å². The molecule has 1 saturated carbocycles. The Bertz CT molecular complexity index is 1060. The van der Waals surface area contributed by atoms with Crippen molar-refractivity contribution in [3.8, 4) is 11.1 Å². The molecule has 2 N–H and O–H groups in total. The van der Waals surface area contributed by atoms with E-state index >= 15 is 0 Å². The monoisotopic (exact) mass is 570 g/mol. The van der Waals surface area contributed by atoms with Crippen LogP contribution in [0, 0.1) is 12.8 Å². The number of benzene rings is 2. The Kier molecular flexibility index (Phi) is 13.7. The number of methoxy groups -OCH3 is 1. The van der Waals surface area contributed by atoms with Gasteiger partial charge in [0.1, 0.15) is 6.04 Å². The summed E-state index contributed by atoms with van der Waals surface area (Å²) in [6.45, 7) is 5.06. The third-order valence-corrected chi connectivity index (χ3v) is 9.32. The van der Waals surface area contributed by atoms with E-state index < -0.39 is 12.0 Å². The summed E-state index contributed by atoms with van der Waals surface area (Å²) in [7, 11) is 1.36. The molecule has 1 fully saturated rings. The van der Waals surface area contributed by atoms with Crippen molar-refractivity contribution in [1.82, 2.24) is 10.6 Å². The van der Waals surface area contributed by atoms with Crippen LogP contribution in [0.1, 0.15) is 73.4 Å². The SMILES string of the molecule is CCSCC(CC1CCCCC1)NCc1ccc(C(=O)NC(CCSC)C(=O)OC)c(-c2ccccc2C)c1. The summed E-state index contributed by atoms with van der Waals surface area (Å²) in [5.74, 6) is 3.18. The lowest BCUT2D eigenvalue weighted by atomic mass is 9.85. The number of hydrogen-bond donors (Lipinski definition) is 2. The number of carbonyl (C=O) groups excluding carboxylic acids is 2. The van der Waals surface area contributed by atoms with Crippen LogP contribution < -0.4 is 10.6 Å². The molecular formula is C32H46N2O3S2. The Hall–Kier alpha value is -1.96. The van der Waals surface area contributed by atoms with E-state index in [1.807, 2.05) is 42.3 Å². The van der Waals surface area contributed by atoms with Gasteiger partial charge in [-0.2, -0.15) is 23.5 Å². The smallest absolute Gasteiger partial charge is 0.328 e. The van der Waals surface area contributed by atoms with E-state index in [0.29, 0.717) is 18.0 Å². The van der Waals surface area contributed by atoms with Gasteiger partial charge >= 0.3 is 5.97 Å². The Morgan fingerprint density at radius 2 is 1.85 bits per heavy atom. The number of carbonyl (C=O) groups is 2. The Morgan fingerprint density at radius 1 is 1.08 bits per heavy atom. The lowest BCUT2D eigenvalue weighted by Crippen LogP contribution is -2.42. The zero-order valence-corrected chi connectivity index (χ0v) is 25.7. The van der Waals surface area contributed by atoms with Crippen LogP contribution in [-0.2, 0) is 16.1 Å². The van der Waals surface area contributed by atoms with Gasteiger partial charge in [0.15, 0.2) is 0 Å². The Labute approximate surface area is 244 Å². The normalized spacial score (nSPS) is 15.5. The van der Waals surface area contributed by atoms with E-state index in [1.54, 1.807) is 11.8 Å². The molecule has 1 amide bonds. The molecule has 2 unspecified atom stereocenters. The standard InChI is InChI=1S/C32H46N2O3S2/c1-5-39-22-26(19-24-12-7-6-8-13-24)33-21-25-15-16-28(29(20-25)27-14-10-9-11-23(27)2)31(35)34-30(17-18-38-4)32(36)37-3/h9-11,14-16,20,24,26,30,33H,5-8,12-13,17-19,21-22H2,1-4H3,(H,34,35). The van der Waals surface area contributed by atoms with Crippen molar-refractivity contribution in [2.45, 2.75) is 77.4 Å². The molecule has 7 heteroatoms. The molecule has 0 aliphatic heterocycles. The summed E-state index contributed by atoms with van der Waals surface area (Å²) < 4.78 is 4.96. The number of rotatable bonds is 15. The largest absolute Gasteiger partial charge is 0.467 e. The van der Waals surface area contributed by atoms with Crippen molar-refractivity contribution >= 4 is 35.4 Å². The average molecular weight is 571 g/mol. The van der Waals surface area contributed by atoms with Crippen molar-refractivity contribution in [2.75, 3.05) is 30.6 Å². The summed E-state index contributed by atoms with van der Waals surface area (Å²) in [6, 6.07) is 14.1. The number of nitrogens with one attached hydrogen (secondary N) is 2. The van der Waals surface area contributed by atoms with E-state index in [0.717, 1.165) is 52.0 Å². The number of aryl methyl sites for hydroxylation is 1. The first kappa shape index (κ1) is 31.6. The minimum atomic E-state index is -0.669. The fourth-order valence-electron chi connectivity index (χ4n) is 5.42. The highest BCUT2D eigenvalue weighted by atomic mass is 32.2. The molecule has 0 spiro atoms. The lowest BCUT2D eigenvalue weighted by molar-refractivity contribution is -0.142. The van der Waals surface area contributed by atoms with Crippen molar-refractivity contribution in [1.29, 1.82) is 0 Å². The predicted octanol–water partition coefficient (Wildman–Crippen LogP) is 6.87. The van der Waals surface area contributed by atoms with E-state index in [-0.39, 0.29) is 5.91 Å². The third kappa shape index (κ3) is 9.87. The molecular weight excluding hydrogens is 524 g/mol. The van der Waals surface area contributed by atoms with E-state index in [4.69, 9.17) is 4.74 Å². The average Bonchev–Trinajstić information content (AvgIpc) is 2.96. The van der Waals surface area contributed by atoms with Gasteiger partial charge in [-0.1, -0.05) is 69.4 Å². The molecule has 0 aromatic heterocycles. The van der Waals surface area contributed by atoms with Crippen LogP contribution in [0.2, 0.25) is 0 Å². The molecule has 39 heavy (non-hydrogen) atoms. The summed E-state index contributed by atoms with van der Waals surface area (Å²) in [5.41, 5.74) is 4.77. The van der Waals surface area contributed by atoms with Gasteiger partial charge in [0.05, 0.1) is 7.11 Å². The maximum absolute atomic E-state index is 13.5. The van der Waals surface area contributed by atoms with Crippen LogP contribution in [0.4, 0.5) is 0 Å². The molecule has 2 aromatic rings. The first-order chi connectivity index (χ1) is 19.0. The molecule has 0 radical (unpaired) electrons. The first-order valence-corrected chi connectivity index (χ1v) is 16.9. The van der Waals surface area contributed by atoms with Gasteiger partial charge in [0.25, 0.3) is 5.91 Å². The van der Waals surface area contributed by atoms with Gasteiger partial charge in [-0.15, -0.1) is 0 Å². The van der Waals surface area contributed by atoms with Crippen LogP contribution >= 0.6 is 23.5 Å². The maximum Gasteiger partial charge on any atom is 0.328 e. The zero-order chi connectivity index (χ0) is 28.0. The summed E-state index contributed by atoms with van der Waals surface area (Å²) >= 11 is 3.65. The van der Waals surface area contributed by atoms with Crippen molar-refractivity contribution in [3.05, 3.63) is 59.2 Å². The zero-order valence-electron chi connectivity index (χ0n) is 24.1. The minimum absolute atomic E-state index is 0.251. The van der Waals surface area contributed by atoms with Gasteiger partial charge in [-0.3, -0.25) is 4.79 Å². The molecule has 1 aliphatic rings. The number of amides is 1. The van der Waals surface area contributed by atoms with Gasteiger partial charge < -0.3 is 15.4 Å². The molecule has 5 nitrogen and oxygen atoms in total. The van der Waals surface area contributed by atoms with Gasteiger partial charge in [0, 0.05) is 23.9 Å². The number of ether oxygens (including phenoxy) is 1. The Balaban J connectivity index is 1.83. The van der Waals surface area contributed by atoms with Crippen molar-refractivity contribution in [3.63, 3.8) is 0 Å². The third-order valence-electron chi connectivity index (χ3n) is 7.63. The second-order valence-electron chi connectivity index (χ2n) is 10.5. The van der Waals surface area contributed by atoms with Crippen molar-refractivity contribution < 1.29 is 14.3 Å². The van der Waals surface area contributed by atoms with Crippen LogP contribution in [0.3, 0.4) is 0 Å². The van der Waals surface area contributed by atoms with Gasteiger partial charge in [0.2, 0.25) is 0 Å². The van der Waals surface area contributed by atoms with Gasteiger partial charge in [-0.25, -0.2) is 4.79 Å². The maximum atomic E-state index is 13.5. The second-order valence-corrected chi connectivity index (χ2v) is 12.8. The van der Waals surface area contributed by atoms with Crippen LogP contribution in [-0.4, -0.2) is 54.6 Å². The quantitative estimate of drug-likeness (QED) is 0.228. The highest BCUT2D eigenvalue weighted by Crippen LogP contribution is 2.30. The molecule has 214 valence electrons. The minimum Gasteiger partial charge on any atom is -0.467 e. The molecule has 0 heterocycles. The summed E-state index contributed by atoms with van der Waals surface area (Å²) in [6.07, 6.45) is 10.6. The number of thioether (sulfide) groups is 2. The Morgan fingerprint density at radius 3 is 2.54 bits per heavy atom. The fraction of sp³-hybridized carbons (Fsp3) is 0.562. The molecule has 2 aromatic carbocycles. The molecule has 2 atom stereocenters. The van der Waals surface area contributed by atoms with E-state index in [1.165, 1.54) is 45.6 Å². The first-order valence-electron chi connectivity index (χ1n) is 14.3. The predicted molar refractivity (Wildman–Crippen MR) is 168 cm³/mol. The van der Waals surface area contributed by atoms with Crippen LogP contribution in [0.15, 0.2) is 42.5 Å². The van der Waals surface area contributed by atoms with Crippen LogP contribution in [0.5, 0.6) is 0 Å². The lowest BCUT2D eigenvalue weighted by Gasteiger charge is -2.27. The highest BCUT2D eigenvalue weighted by molar-refractivity contribution is 7.99. The summed E-state index contributed by atoms with van der Waals surface area (Å²) in [4.78, 5) is 25.9.